The maximum atomic E-state index is 15.3. The van der Waals surface area contributed by atoms with Crippen LogP contribution in [-0.4, -0.2) is 257 Å². The van der Waals surface area contributed by atoms with Gasteiger partial charge in [-0.05, 0) is 107 Å². The molecule has 2 N–H and O–H groups in total. The van der Waals surface area contributed by atoms with E-state index in [0.29, 0.717) is 19.4 Å². The number of carbonyl (C=O) groups is 11. The number of nitrogens with zero attached hydrogens (tertiary/aromatic N) is 9. The van der Waals surface area contributed by atoms with E-state index in [1.165, 1.54) is 71.7 Å². The lowest BCUT2D eigenvalue weighted by molar-refractivity contribution is -0.157. The van der Waals surface area contributed by atoms with Crippen LogP contribution in [0.5, 0.6) is 0 Å². The molecular weight excluding hydrogens is 1200 g/mol. The molecule has 2 heterocycles. The number of allylic oxidation sites excluding steroid dienone is 2. The van der Waals surface area contributed by atoms with E-state index in [0.717, 1.165) is 37.6 Å². The number of likely N-dealkylation sites (N-methyl/N-ethyl adjacent to an activating group) is 8. The van der Waals surface area contributed by atoms with Crippen LogP contribution in [0.2, 0.25) is 0 Å². The molecule has 22 nitrogen and oxygen atoms in total. The molecule has 14 atom stereocenters. The van der Waals surface area contributed by atoms with Gasteiger partial charge in [0.1, 0.15) is 42.0 Å². The van der Waals surface area contributed by atoms with E-state index < -0.39 is 143 Å². The van der Waals surface area contributed by atoms with E-state index in [1.54, 1.807) is 61.6 Å². The summed E-state index contributed by atoms with van der Waals surface area (Å²) >= 11 is 0. The molecule has 0 saturated carbocycles. The van der Waals surface area contributed by atoms with Crippen LogP contribution < -0.4 is 5.32 Å². The summed E-state index contributed by atoms with van der Waals surface area (Å²) in [6, 6.07) is -9.57. The lowest BCUT2D eigenvalue weighted by Gasteiger charge is -2.41. The quantitative estimate of drug-likeness (QED) is 0.138. The Balaban J connectivity index is 3.04. The predicted octanol–water partition coefficient (Wildman–Crippen LogP) is 6.55. The van der Waals surface area contributed by atoms with Crippen LogP contribution in [0, 0.1) is 59.2 Å². The largest absolute Gasteiger partial charge is 0.390 e. The van der Waals surface area contributed by atoms with Gasteiger partial charge in [0, 0.05) is 113 Å². The smallest absolute Gasteiger partial charge is 0.246 e. The summed E-state index contributed by atoms with van der Waals surface area (Å²) in [5.74, 6) is -11.0. The Bertz CT molecular complexity index is 2570. The van der Waals surface area contributed by atoms with Gasteiger partial charge in [-0.3, -0.25) is 52.7 Å². The van der Waals surface area contributed by atoms with Gasteiger partial charge < -0.3 is 54.5 Å². The molecule has 0 aromatic carbocycles. The lowest BCUT2D eigenvalue weighted by atomic mass is 9.83. The second kappa shape index (κ2) is 39.0. The molecule has 22 heteroatoms. The van der Waals surface area contributed by atoms with E-state index in [1.807, 2.05) is 75.3 Å². The molecule has 0 spiro atoms. The fourth-order valence-corrected chi connectivity index (χ4v) is 13.5. The molecule has 0 radical (unpaired) electrons. The zero-order chi connectivity index (χ0) is 72.2. The third kappa shape index (κ3) is 23.0. The van der Waals surface area contributed by atoms with Crippen molar-refractivity contribution in [2.24, 2.45) is 59.2 Å². The predicted molar refractivity (Wildman–Crippen MR) is 369 cm³/mol. The van der Waals surface area contributed by atoms with Gasteiger partial charge in [-0.2, -0.15) is 0 Å². The molecular formula is C72H128N10O12. The number of rotatable bonds is 18. The Hall–Kier alpha value is -5.61. The Kier molecular flexibility index (Phi) is 35.0. The summed E-state index contributed by atoms with van der Waals surface area (Å²) in [4.78, 5) is 178. The summed E-state index contributed by atoms with van der Waals surface area (Å²) < 4.78 is 0. The van der Waals surface area contributed by atoms with Crippen LogP contribution in [0.4, 0.5) is 0 Å². The second-order valence-corrected chi connectivity index (χ2v) is 29.8. The number of amides is 8. The minimum Gasteiger partial charge on any atom is -0.390 e. The van der Waals surface area contributed by atoms with Crippen molar-refractivity contribution in [2.75, 3.05) is 88.6 Å². The maximum absolute atomic E-state index is 15.3. The number of ketones is 3. The molecule has 0 aromatic rings. The van der Waals surface area contributed by atoms with E-state index in [9.17, 15) is 24.3 Å². The van der Waals surface area contributed by atoms with Gasteiger partial charge in [0.25, 0.3) is 0 Å². The van der Waals surface area contributed by atoms with Gasteiger partial charge >= 0.3 is 0 Å². The van der Waals surface area contributed by atoms with Crippen molar-refractivity contribution in [3.8, 4) is 0 Å². The number of hydrogen-bond donors (Lipinski definition) is 2. The van der Waals surface area contributed by atoms with Gasteiger partial charge in [0.15, 0.2) is 11.6 Å². The first-order valence-corrected chi connectivity index (χ1v) is 35.1. The topological polar surface area (TPSA) is 249 Å². The minimum absolute atomic E-state index is 0.0289. The maximum Gasteiger partial charge on any atom is 0.246 e. The van der Waals surface area contributed by atoms with Crippen molar-refractivity contribution in [1.82, 2.24) is 49.4 Å². The molecule has 94 heavy (non-hydrogen) atoms. The molecule has 2 saturated heterocycles. The first-order chi connectivity index (χ1) is 43.6. The van der Waals surface area contributed by atoms with Crippen molar-refractivity contribution >= 4 is 64.6 Å². The number of hydrogen-bond acceptors (Lipinski definition) is 14. The van der Waals surface area contributed by atoms with Crippen molar-refractivity contribution in [1.29, 1.82) is 0 Å². The second-order valence-electron chi connectivity index (χ2n) is 29.8. The Labute approximate surface area is 566 Å². The third-order valence-electron chi connectivity index (χ3n) is 20.1. The number of aliphatic hydroxyl groups excluding tert-OH is 1. The van der Waals surface area contributed by atoms with E-state index >= 15 is 33.6 Å². The first kappa shape index (κ1) is 84.5. The Morgan fingerprint density at radius 3 is 1.41 bits per heavy atom. The molecule has 2 aliphatic rings. The van der Waals surface area contributed by atoms with Gasteiger partial charge in [0.05, 0.1) is 18.2 Å². The average molecular weight is 1330 g/mol. The Morgan fingerprint density at radius 1 is 0.479 bits per heavy atom. The van der Waals surface area contributed by atoms with Crippen molar-refractivity contribution in [3.63, 3.8) is 0 Å². The summed E-state index contributed by atoms with van der Waals surface area (Å²) in [5, 5.41) is 15.1. The van der Waals surface area contributed by atoms with Crippen molar-refractivity contribution < 1.29 is 57.8 Å². The Morgan fingerprint density at radius 2 is 0.936 bits per heavy atom. The van der Waals surface area contributed by atoms with Crippen LogP contribution in [-0.2, 0) is 52.7 Å². The standard InChI is InChI=1S/C72H128N10O12/c1-26-29-30-49(15)64(86)63-65(87)73-54(27-2)69(91)74(19)52(18)67(89)79(24)62(48(14)31-32-82-35-33-81(28-3)34-36-82)60(85)42-53(46(10)11)68(90)75(20)55(37-43(4)5)59(84)40-50(16)58(83)41-51(17)66(88)76(21)56(38-44(6)7)70(92)77(22)57(39-45(8)9)71(93)78(23)61(47(12)13)72(94)80(63)25/h26,29,43-57,61-64,86H,27-28,30-42H2,1-25H3,(H,73,87)/b29-26+/t48-,49-,50-,51+,52-,53+,54+,55+,56+,57+,61+,62+,63+,64-/m1/s1. The highest BCUT2D eigenvalue weighted by Crippen LogP contribution is 2.30. The molecule has 538 valence electrons. The summed E-state index contributed by atoms with van der Waals surface area (Å²) in [7, 11) is 10.4. The van der Waals surface area contributed by atoms with Crippen LogP contribution in [0.1, 0.15) is 182 Å². The van der Waals surface area contributed by atoms with Crippen LogP contribution in [0.3, 0.4) is 0 Å². The van der Waals surface area contributed by atoms with Crippen molar-refractivity contribution in [3.05, 3.63) is 12.2 Å². The number of aliphatic hydroxyl groups is 1. The third-order valence-corrected chi connectivity index (χ3v) is 20.1. The van der Waals surface area contributed by atoms with Crippen LogP contribution >= 0.6 is 0 Å². The van der Waals surface area contributed by atoms with Crippen LogP contribution in [0.25, 0.3) is 0 Å². The van der Waals surface area contributed by atoms with Gasteiger partial charge in [-0.1, -0.05) is 123 Å². The number of piperazine rings is 1. The highest BCUT2D eigenvalue weighted by atomic mass is 16.3. The SMILES string of the molecule is C/C=C/C[C@@H](C)[C@@H](O)[C@H]1C(=O)N[C@@H](CC)C(=O)N(C)[C@H](C)C(=O)N(C)[C@@H]([C@H](C)CCN2CCN(CC)CC2)C(=O)C[C@@H](C(C)C)C(=O)N(C)[C@@H](CC(C)C)C(=O)C[C@@H](C)C(=O)C[C@H](C)C(=O)N(C)[C@@H](CC(C)C)C(=O)N(C)[C@@H](CC(C)C)C(=O)N(C)[C@@H](C(C)C)C(=O)N1C. The normalized spacial score (nSPS) is 28.2. The first-order valence-electron chi connectivity index (χ1n) is 35.1. The fraction of sp³-hybridized carbons (Fsp3) is 0.819. The minimum atomic E-state index is -1.61. The number of carbonyl (C=O) groups excluding carboxylic acids is 11. The highest BCUT2D eigenvalue weighted by Gasteiger charge is 2.46. The number of Topliss-reactive ketones (excluding diaryl/α,β-unsaturated/α-hetero) is 3. The zero-order valence-corrected chi connectivity index (χ0v) is 62.7. The van der Waals surface area contributed by atoms with E-state index in [2.05, 4.69) is 22.0 Å². The molecule has 0 aromatic heterocycles. The molecule has 2 fully saturated rings. The molecule has 2 aliphatic heterocycles. The molecule has 0 aliphatic carbocycles. The van der Waals surface area contributed by atoms with E-state index in [4.69, 9.17) is 0 Å². The van der Waals surface area contributed by atoms with Crippen molar-refractivity contribution in [2.45, 2.75) is 237 Å². The zero-order valence-electron chi connectivity index (χ0n) is 62.7. The summed E-state index contributed by atoms with van der Waals surface area (Å²) in [6.45, 7) is 37.7. The average Bonchev–Trinajstić information content (AvgIpc) is 0.812. The fourth-order valence-electron chi connectivity index (χ4n) is 13.5. The van der Waals surface area contributed by atoms with Crippen LogP contribution in [0.15, 0.2) is 12.2 Å². The molecule has 0 bridgehead atoms. The summed E-state index contributed by atoms with van der Waals surface area (Å²) in [6.07, 6.45) is 2.88. The molecule has 2 rings (SSSR count). The lowest BCUT2D eigenvalue weighted by Crippen LogP contribution is -2.63. The van der Waals surface area contributed by atoms with Gasteiger partial charge in [-0.15, -0.1) is 0 Å². The van der Waals surface area contributed by atoms with Gasteiger partial charge in [-0.25, -0.2) is 0 Å². The number of nitrogens with one attached hydrogen (secondary N) is 1. The summed E-state index contributed by atoms with van der Waals surface area (Å²) in [5.41, 5.74) is 0. The molecule has 8 amide bonds. The highest BCUT2D eigenvalue weighted by molar-refractivity contribution is 6.00. The van der Waals surface area contributed by atoms with E-state index in [-0.39, 0.29) is 80.0 Å². The van der Waals surface area contributed by atoms with Gasteiger partial charge in [0.2, 0.25) is 47.3 Å². The molecule has 0 unspecified atom stereocenters. The monoisotopic (exact) mass is 1320 g/mol.